The lowest BCUT2D eigenvalue weighted by atomic mass is 9.83. The van der Waals surface area contributed by atoms with Crippen LogP contribution >= 0.6 is 0 Å². The highest BCUT2D eigenvalue weighted by atomic mass is 16.5. The molecule has 0 radical (unpaired) electrons. The van der Waals surface area contributed by atoms with Crippen LogP contribution in [0.15, 0.2) is 0 Å². The van der Waals surface area contributed by atoms with Crippen molar-refractivity contribution in [1.29, 1.82) is 0 Å². The van der Waals surface area contributed by atoms with Crippen molar-refractivity contribution in [1.82, 2.24) is 4.90 Å². The molecular formula is C14H26N2O3. The molecule has 0 aromatic heterocycles. The zero-order valence-electron chi connectivity index (χ0n) is 12.4. The van der Waals surface area contributed by atoms with Crippen LogP contribution in [0.2, 0.25) is 0 Å². The van der Waals surface area contributed by atoms with Crippen molar-refractivity contribution in [3.8, 4) is 0 Å². The first-order valence-corrected chi connectivity index (χ1v) is 7.05. The SMILES string of the molecule is CCOC(=O)CN(C(=O)C1(C)CCCC1N)C(C)C. The van der Waals surface area contributed by atoms with E-state index in [2.05, 4.69) is 0 Å². The van der Waals surface area contributed by atoms with E-state index in [1.807, 2.05) is 20.8 Å². The molecule has 1 fully saturated rings. The van der Waals surface area contributed by atoms with Crippen LogP contribution in [0, 0.1) is 5.41 Å². The second-order valence-corrected chi connectivity index (χ2v) is 5.75. The lowest BCUT2D eigenvalue weighted by Gasteiger charge is -2.36. The third-order valence-corrected chi connectivity index (χ3v) is 4.01. The fourth-order valence-corrected chi connectivity index (χ4v) is 2.62. The molecule has 2 atom stereocenters. The number of esters is 1. The van der Waals surface area contributed by atoms with Crippen molar-refractivity contribution in [3.05, 3.63) is 0 Å². The summed E-state index contributed by atoms with van der Waals surface area (Å²) in [7, 11) is 0. The van der Waals surface area contributed by atoms with Crippen LogP contribution in [0.5, 0.6) is 0 Å². The zero-order valence-corrected chi connectivity index (χ0v) is 12.4. The van der Waals surface area contributed by atoms with Crippen LogP contribution in [0.3, 0.4) is 0 Å². The Morgan fingerprint density at radius 1 is 1.47 bits per heavy atom. The minimum atomic E-state index is -0.545. The predicted molar refractivity (Wildman–Crippen MR) is 73.4 cm³/mol. The molecule has 1 saturated carbocycles. The molecule has 19 heavy (non-hydrogen) atoms. The van der Waals surface area contributed by atoms with Crippen molar-refractivity contribution in [2.24, 2.45) is 11.1 Å². The molecule has 2 unspecified atom stereocenters. The molecule has 0 aliphatic heterocycles. The molecule has 2 N–H and O–H groups in total. The Kier molecular flexibility index (Phi) is 5.35. The Balaban J connectivity index is 2.81. The van der Waals surface area contributed by atoms with Crippen LogP contribution in [0.25, 0.3) is 0 Å². The third kappa shape index (κ3) is 3.47. The fourth-order valence-electron chi connectivity index (χ4n) is 2.62. The van der Waals surface area contributed by atoms with E-state index in [1.54, 1.807) is 11.8 Å². The first-order valence-electron chi connectivity index (χ1n) is 7.05. The molecule has 1 aliphatic rings. The topological polar surface area (TPSA) is 72.6 Å². The van der Waals surface area contributed by atoms with Gasteiger partial charge in [0, 0.05) is 12.1 Å². The van der Waals surface area contributed by atoms with Crippen molar-refractivity contribution in [2.45, 2.75) is 59.0 Å². The van der Waals surface area contributed by atoms with Gasteiger partial charge in [-0.1, -0.05) is 6.42 Å². The first kappa shape index (κ1) is 16.0. The van der Waals surface area contributed by atoms with Gasteiger partial charge >= 0.3 is 5.97 Å². The van der Waals surface area contributed by atoms with Gasteiger partial charge in [-0.2, -0.15) is 0 Å². The smallest absolute Gasteiger partial charge is 0.325 e. The third-order valence-electron chi connectivity index (χ3n) is 4.01. The number of nitrogens with zero attached hydrogens (tertiary/aromatic N) is 1. The van der Waals surface area contributed by atoms with E-state index in [0.717, 1.165) is 19.3 Å². The van der Waals surface area contributed by atoms with E-state index >= 15 is 0 Å². The molecule has 0 aromatic rings. The number of hydrogen-bond acceptors (Lipinski definition) is 4. The monoisotopic (exact) mass is 270 g/mol. The number of nitrogens with two attached hydrogens (primary N) is 1. The molecule has 0 spiro atoms. The quantitative estimate of drug-likeness (QED) is 0.764. The van der Waals surface area contributed by atoms with Gasteiger partial charge in [0.2, 0.25) is 5.91 Å². The van der Waals surface area contributed by atoms with Gasteiger partial charge in [0.15, 0.2) is 0 Å². The summed E-state index contributed by atoms with van der Waals surface area (Å²) in [6.45, 7) is 7.81. The molecule has 110 valence electrons. The summed E-state index contributed by atoms with van der Waals surface area (Å²) in [5.41, 5.74) is 5.53. The molecule has 0 heterocycles. The largest absolute Gasteiger partial charge is 0.465 e. The van der Waals surface area contributed by atoms with Gasteiger partial charge in [0.1, 0.15) is 6.54 Å². The molecule has 5 heteroatoms. The first-order chi connectivity index (χ1) is 8.82. The number of hydrogen-bond donors (Lipinski definition) is 1. The van der Waals surface area contributed by atoms with Crippen LogP contribution < -0.4 is 5.73 Å². The van der Waals surface area contributed by atoms with Crippen LogP contribution in [0.4, 0.5) is 0 Å². The molecule has 0 saturated heterocycles. The molecular weight excluding hydrogens is 244 g/mol. The fraction of sp³-hybridized carbons (Fsp3) is 0.857. The maximum Gasteiger partial charge on any atom is 0.325 e. The van der Waals surface area contributed by atoms with Crippen LogP contribution in [-0.4, -0.2) is 42.0 Å². The Hall–Kier alpha value is -1.10. The Morgan fingerprint density at radius 2 is 2.11 bits per heavy atom. The highest BCUT2D eigenvalue weighted by Crippen LogP contribution is 2.38. The van der Waals surface area contributed by atoms with Crippen molar-refractivity contribution in [3.63, 3.8) is 0 Å². The van der Waals surface area contributed by atoms with Gasteiger partial charge in [0.05, 0.1) is 12.0 Å². The summed E-state index contributed by atoms with van der Waals surface area (Å²) in [6, 6.07) is -0.162. The Bertz CT molecular complexity index is 344. The average Bonchev–Trinajstić information content (AvgIpc) is 2.67. The molecule has 1 amide bonds. The summed E-state index contributed by atoms with van der Waals surface area (Å²) >= 11 is 0. The number of amides is 1. The van der Waals surface area contributed by atoms with Gasteiger partial charge in [-0.15, -0.1) is 0 Å². The zero-order chi connectivity index (χ0) is 14.6. The predicted octanol–water partition coefficient (Wildman–Crippen LogP) is 1.30. The molecule has 5 nitrogen and oxygen atoms in total. The maximum atomic E-state index is 12.7. The standard InChI is InChI=1S/C14H26N2O3/c1-5-19-12(17)9-16(10(2)3)13(18)14(4)8-6-7-11(14)15/h10-11H,5-9,15H2,1-4H3. The van der Waals surface area contributed by atoms with Crippen molar-refractivity contribution in [2.75, 3.05) is 13.2 Å². The van der Waals surface area contributed by atoms with Crippen LogP contribution in [0.1, 0.15) is 47.0 Å². The average molecular weight is 270 g/mol. The normalized spacial score (nSPS) is 26.5. The lowest BCUT2D eigenvalue weighted by Crippen LogP contribution is -2.52. The van der Waals surface area contributed by atoms with Gasteiger partial charge in [-0.05, 0) is 40.5 Å². The Morgan fingerprint density at radius 3 is 2.53 bits per heavy atom. The van der Waals surface area contributed by atoms with Gasteiger partial charge in [-0.25, -0.2) is 0 Å². The Labute approximate surface area is 115 Å². The summed E-state index contributed by atoms with van der Waals surface area (Å²) < 4.78 is 4.93. The number of rotatable bonds is 5. The van der Waals surface area contributed by atoms with E-state index in [9.17, 15) is 9.59 Å². The van der Waals surface area contributed by atoms with E-state index in [4.69, 9.17) is 10.5 Å². The van der Waals surface area contributed by atoms with E-state index in [1.165, 1.54) is 0 Å². The number of carbonyl (C=O) groups excluding carboxylic acids is 2. The number of ether oxygens (including phenoxy) is 1. The lowest BCUT2D eigenvalue weighted by molar-refractivity contribution is -0.154. The van der Waals surface area contributed by atoms with Gasteiger partial charge < -0.3 is 15.4 Å². The minimum Gasteiger partial charge on any atom is -0.465 e. The van der Waals surface area contributed by atoms with Crippen molar-refractivity contribution >= 4 is 11.9 Å². The summed E-state index contributed by atoms with van der Waals surface area (Å²) in [6.07, 6.45) is 2.63. The van der Waals surface area contributed by atoms with Gasteiger partial charge in [0.25, 0.3) is 0 Å². The molecule has 1 aliphatic carbocycles. The molecule has 0 aromatic carbocycles. The second kappa shape index (κ2) is 6.37. The molecule has 1 rings (SSSR count). The van der Waals surface area contributed by atoms with Crippen molar-refractivity contribution < 1.29 is 14.3 Å². The maximum absolute atomic E-state index is 12.7. The molecule has 0 bridgehead atoms. The minimum absolute atomic E-state index is 0.00660. The van der Waals surface area contributed by atoms with Crippen LogP contribution in [-0.2, 0) is 14.3 Å². The highest BCUT2D eigenvalue weighted by Gasteiger charge is 2.45. The highest BCUT2D eigenvalue weighted by molar-refractivity contribution is 5.87. The number of carbonyl (C=O) groups is 2. The van der Waals surface area contributed by atoms with Gasteiger partial charge in [-0.3, -0.25) is 9.59 Å². The summed E-state index contributed by atoms with van der Waals surface area (Å²) in [5.74, 6) is -0.389. The summed E-state index contributed by atoms with van der Waals surface area (Å²) in [5, 5.41) is 0. The second-order valence-electron chi connectivity index (χ2n) is 5.75. The van der Waals surface area contributed by atoms with E-state index in [0.29, 0.717) is 6.61 Å². The summed E-state index contributed by atoms with van der Waals surface area (Å²) in [4.78, 5) is 25.9. The van der Waals surface area contributed by atoms with E-state index in [-0.39, 0.29) is 30.5 Å². The van der Waals surface area contributed by atoms with E-state index < -0.39 is 5.41 Å².